The molecule has 1 heterocycles. The minimum atomic E-state index is 0.326. The van der Waals surface area contributed by atoms with Crippen molar-refractivity contribution >= 4 is 0 Å². The Bertz CT molecular complexity index is 273. The molecule has 1 saturated heterocycles. The quantitative estimate of drug-likeness (QED) is 0.830. The zero-order valence-electron chi connectivity index (χ0n) is 11.5. The number of nitrogens with one attached hydrogen (secondary N) is 1. The molecule has 4 aliphatic carbocycles. The zero-order valence-corrected chi connectivity index (χ0v) is 11.5. The molecular formula is C16H27NO. The van der Waals surface area contributed by atoms with Gasteiger partial charge in [0.15, 0.2) is 0 Å². The third kappa shape index (κ3) is 2.12. The Morgan fingerprint density at radius 2 is 1.67 bits per heavy atom. The third-order valence-electron chi connectivity index (χ3n) is 6.01. The summed E-state index contributed by atoms with van der Waals surface area (Å²) in [7, 11) is 0. The first-order chi connectivity index (χ1) is 8.81. The molecule has 4 saturated carbocycles. The van der Waals surface area contributed by atoms with Gasteiger partial charge in [-0.1, -0.05) is 0 Å². The van der Waals surface area contributed by atoms with E-state index in [1.165, 1.54) is 64.5 Å². The van der Waals surface area contributed by atoms with Crippen LogP contribution in [0, 0.1) is 23.7 Å². The van der Waals surface area contributed by atoms with Gasteiger partial charge in [-0.2, -0.15) is 0 Å². The van der Waals surface area contributed by atoms with Gasteiger partial charge in [0, 0.05) is 6.54 Å². The van der Waals surface area contributed by atoms with E-state index >= 15 is 0 Å². The van der Waals surface area contributed by atoms with Crippen LogP contribution in [0.15, 0.2) is 0 Å². The largest absolute Gasteiger partial charge is 0.375 e. The minimum Gasteiger partial charge on any atom is -0.375 e. The molecule has 1 aliphatic heterocycles. The van der Waals surface area contributed by atoms with Gasteiger partial charge in [0.05, 0.1) is 12.2 Å². The SMILES string of the molecule is C1CNCC(COC23CC4CC(CC(C4)C2)C3)C1. The second kappa shape index (κ2) is 4.49. The van der Waals surface area contributed by atoms with Gasteiger partial charge in [-0.3, -0.25) is 0 Å². The first-order valence-electron chi connectivity index (χ1n) is 8.16. The summed E-state index contributed by atoms with van der Waals surface area (Å²) >= 11 is 0. The summed E-state index contributed by atoms with van der Waals surface area (Å²) in [5, 5.41) is 3.51. The lowest BCUT2D eigenvalue weighted by Gasteiger charge is -2.56. The number of piperidine rings is 1. The van der Waals surface area contributed by atoms with Crippen molar-refractivity contribution in [1.29, 1.82) is 0 Å². The normalized spacial score (nSPS) is 50.7. The number of ether oxygens (including phenoxy) is 1. The van der Waals surface area contributed by atoms with Crippen molar-refractivity contribution in [2.45, 2.75) is 57.0 Å². The van der Waals surface area contributed by atoms with Crippen LogP contribution in [0.3, 0.4) is 0 Å². The van der Waals surface area contributed by atoms with Crippen molar-refractivity contribution in [3.63, 3.8) is 0 Å². The van der Waals surface area contributed by atoms with Gasteiger partial charge < -0.3 is 10.1 Å². The van der Waals surface area contributed by atoms with Gasteiger partial charge in [0.2, 0.25) is 0 Å². The predicted molar refractivity (Wildman–Crippen MR) is 72.4 cm³/mol. The average molecular weight is 249 g/mol. The molecule has 5 aliphatic rings. The first kappa shape index (κ1) is 11.7. The lowest BCUT2D eigenvalue weighted by molar-refractivity contribution is -0.169. The first-order valence-corrected chi connectivity index (χ1v) is 8.16. The Morgan fingerprint density at radius 3 is 2.22 bits per heavy atom. The molecule has 0 aromatic carbocycles. The highest BCUT2D eigenvalue weighted by atomic mass is 16.5. The molecule has 1 N–H and O–H groups in total. The molecule has 1 unspecified atom stereocenters. The molecule has 2 heteroatoms. The number of hydrogen-bond acceptors (Lipinski definition) is 2. The van der Waals surface area contributed by atoms with Crippen LogP contribution >= 0.6 is 0 Å². The Hall–Kier alpha value is -0.0800. The van der Waals surface area contributed by atoms with Crippen molar-refractivity contribution in [2.24, 2.45) is 23.7 Å². The smallest absolute Gasteiger partial charge is 0.0690 e. The van der Waals surface area contributed by atoms with Crippen molar-refractivity contribution in [1.82, 2.24) is 5.32 Å². The molecule has 5 rings (SSSR count). The fourth-order valence-corrected chi connectivity index (χ4v) is 5.57. The van der Waals surface area contributed by atoms with Gasteiger partial charge in [-0.05, 0) is 81.6 Å². The van der Waals surface area contributed by atoms with Crippen LogP contribution in [0.4, 0.5) is 0 Å². The van der Waals surface area contributed by atoms with E-state index in [1.807, 2.05) is 0 Å². The van der Waals surface area contributed by atoms with Crippen molar-refractivity contribution in [3.8, 4) is 0 Å². The molecule has 2 nitrogen and oxygen atoms in total. The maximum atomic E-state index is 6.54. The topological polar surface area (TPSA) is 21.3 Å². The molecule has 1 atom stereocenters. The van der Waals surface area contributed by atoms with Crippen LogP contribution in [0.1, 0.15) is 51.4 Å². The molecule has 0 amide bonds. The van der Waals surface area contributed by atoms with E-state index in [2.05, 4.69) is 5.32 Å². The highest BCUT2D eigenvalue weighted by Gasteiger charge is 2.51. The summed E-state index contributed by atoms with van der Waals surface area (Å²) in [5.74, 6) is 3.83. The maximum absolute atomic E-state index is 6.54. The standard InChI is InChI=1S/C16H27NO/c1-2-12(10-17-3-1)11-18-16-7-13-4-14(8-16)6-15(5-13)9-16/h12-15,17H,1-11H2. The van der Waals surface area contributed by atoms with Crippen LogP contribution in [0.25, 0.3) is 0 Å². The van der Waals surface area contributed by atoms with E-state index in [0.717, 1.165) is 30.3 Å². The molecule has 0 spiro atoms. The highest BCUT2D eigenvalue weighted by molar-refractivity contribution is 5.03. The van der Waals surface area contributed by atoms with E-state index in [0.29, 0.717) is 5.60 Å². The zero-order chi connectivity index (χ0) is 12.0. The summed E-state index contributed by atoms with van der Waals surface area (Å²) in [5.41, 5.74) is 0.326. The Balaban J connectivity index is 1.38. The van der Waals surface area contributed by atoms with E-state index in [9.17, 15) is 0 Å². The lowest BCUT2D eigenvalue weighted by Crippen LogP contribution is -2.52. The molecule has 18 heavy (non-hydrogen) atoms. The fourth-order valence-electron chi connectivity index (χ4n) is 5.57. The monoisotopic (exact) mass is 249 g/mol. The molecule has 5 fully saturated rings. The van der Waals surface area contributed by atoms with E-state index in [4.69, 9.17) is 4.74 Å². The fraction of sp³-hybridized carbons (Fsp3) is 1.00. The van der Waals surface area contributed by atoms with Crippen LogP contribution in [-0.4, -0.2) is 25.3 Å². The van der Waals surface area contributed by atoms with Crippen LogP contribution in [0.2, 0.25) is 0 Å². The van der Waals surface area contributed by atoms with Gasteiger partial charge in [-0.25, -0.2) is 0 Å². The predicted octanol–water partition coefficient (Wildman–Crippen LogP) is 2.97. The molecule has 0 radical (unpaired) electrons. The molecule has 4 bridgehead atoms. The molecule has 102 valence electrons. The highest BCUT2D eigenvalue weighted by Crippen LogP contribution is 2.57. The molecule has 0 aromatic heterocycles. The summed E-state index contributed by atoms with van der Waals surface area (Å²) in [6.07, 6.45) is 11.4. The van der Waals surface area contributed by atoms with Crippen molar-refractivity contribution in [2.75, 3.05) is 19.7 Å². The second-order valence-corrected chi connectivity index (χ2v) is 7.62. The second-order valence-electron chi connectivity index (χ2n) is 7.62. The summed E-state index contributed by atoms with van der Waals surface area (Å²) in [6.45, 7) is 3.43. The number of hydrogen-bond donors (Lipinski definition) is 1. The van der Waals surface area contributed by atoms with E-state index in [-0.39, 0.29) is 0 Å². The molecule has 0 aromatic rings. The average Bonchev–Trinajstić information content (AvgIpc) is 2.36. The maximum Gasteiger partial charge on any atom is 0.0690 e. The van der Waals surface area contributed by atoms with Crippen molar-refractivity contribution in [3.05, 3.63) is 0 Å². The minimum absolute atomic E-state index is 0.326. The summed E-state index contributed by atoms with van der Waals surface area (Å²) in [4.78, 5) is 0. The number of rotatable bonds is 3. The Labute approximate surface area is 111 Å². The van der Waals surface area contributed by atoms with Crippen LogP contribution < -0.4 is 5.32 Å². The van der Waals surface area contributed by atoms with Crippen LogP contribution in [-0.2, 0) is 4.74 Å². The van der Waals surface area contributed by atoms with Gasteiger partial charge >= 0.3 is 0 Å². The Kier molecular flexibility index (Phi) is 2.92. The van der Waals surface area contributed by atoms with Gasteiger partial charge in [0.1, 0.15) is 0 Å². The Morgan fingerprint density at radius 1 is 1.00 bits per heavy atom. The summed E-state index contributed by atoms with van der Waals surface area (Å²) < 4.78 is 6.54. The van der Waals surface area contributed by atoms with Crippen LogP contribution in [0.5, 0.6) is 0 Å². The third-order valence-corrected chi connectivity index (χ3v) is 6.01. The van der Waals surface area contributed by atoms with Gasteiger partial charge in [0.25, 0.3) is 0 Å². The van der Waals surface area contributed by atoms with Gasteiger partial charge in [-0.15, -0.1) is 0 Å². The molecular weight excluding hydrogens is 222 g/mol. The lowest BCUT2D eigenvalue weighted by atomic mass is 9.54. The van der Waals surface area contributed by atoms with Crippen molar-refractivity contribution < 1.29 is 4.74 Å². The summed E-state index contributed by atoms with van der Waals surface area (Å²) in [6, 6.07) is 0. The van der Waals surface area contributed by atoms with E-state index in [1.54, 1.807) is 0 Å². The van der Waals surface area contributed by atoms with E-state index < -0.39 is 0 Å².